The molecule has 5 nitrogen and oxygen atoms in total. The summed E-state index contributed by atoms with van der Waals surface area (Å²) in [4.78, 5) is 8.71. The van der Waals surface area contributed by atoms with Crippen molar-refractivity contribution in [1.82, 2.24) is 9.97 Å². The summed E-state index contributed by atoms with van der Waals surface area (Å²) in [5, 5.41) is 6.88. The van der Waals surface area contributed by atoms with Crippen LogP contribution in [0, 0.1) is 12.7 Å². The van der Waals surface area contributed by atoms with Crippen LogP contribution in [0.15, 0.2) is 48.5 Å². The highest BCUT2D eigenvalue weighted by atomic mass is 35.5. The van der Waals surface area contributed by atoms with Crippen molar-refractivity contribution in [2.45, 2.75) is 13.5 Å². The lowest BCUT2D eigenvalue weighted by Crippen LogP contribution is -2.06. The first-order valence-corrected chi connectivity index (χ1v) is 8.36. The van der Waals surface area contributed by atoms with Crippen molar-refractivity contribution in [2.75, 3.05) is 17.7 Å². The van der Waals surface area contributed by atoms with Gasteiger partial charge in [-0.1, -0.05) is 29.8 Å². The van der Waals surface area contributed by atoms with Crippen LogP contribution >= 0.6 is 11.6 Å². The second kappa shape index (κ2) is 8.01. The summed E-state index contributed by atoms with van der Waals surface area (Å²) in [6.07, 6.45) is 0. The lowest BCUT2D eigenvalue weighted by atomic mass is 10.2. The molecule has 0 bridgehead atoms. The van der Waals surface area contributed by atoms with E-state index in [4.69, 9.17) is 16.3 Å². The average Bonchev–Trinajstić information content (AvgIpc) is 2.61. The van der Waals surface area contributed by atoms with E-state index in [1.165, 1.54) is 6.07 Å². The summed E-state index contributed by atoms with van der Waals surface area (Å²) < 4.78 is 19.1. The molecule has 134 valence electrons. The van der Waals surface area contributed by atoms with Crippen molar-refractivity contribution in [3.8, 4) is 5.75 Å². The van der Waals surface area contributed by atoms with Gasteiger partial charge in [-0.15, -0.1) is 0 Å². The maximum absolute atomic E-state index is 13.7. The minimum atomic E-state index is -0.257. The molecular formula is C19H18ClFN4O. The Bertz CT molecular complexity index is 920. The van der Waals surface area contributed by atoms with Crippen molar-refractivity contribution < 1.29 is 9.13 Å². The lowest BCUT2D eigenvalue weighted by Gasteiger charge is -2.13. The maximum atomic E-state index is 13.7. The third-order valence-corrected chi connectivity index (χ3v) is 3.92. The zero-order chi connectivity index (χ0) is 18.5. The number of hydrogen-bond donors (Lipinski definition) is 2. The third-order valence-electron chi connectivity index (χ3n) is 3.68. The van der Waals surface area contributed by atoms with E-state index in [-0.39, 0.29) is 5.82 Å². The Labute approximate surface area is 156 Å². The first kappa shape index (κ1) is 17.9. The van der Waals surface area contributed by atoms with E-state index in [1.54, 1.807) is 56.5 Å². The Hall–Kier alpha value is -2.86. The van der Waals surface area contributed by atoms with E-state index < -0.39 is 0 Å². The molecule has 0 aliphatic carbocycles. The highest BCUT2D eigenvalue weighted by Crippen LogP contribution is 2.30. The highest BCUT2D eigenvalue weighted by molar-refractivity contribution is 6.31. The van der Waals surface area contributed by atoms with Crippen LogP contribution in [0.25, 0.3) is 0 Å². The van der Waals surface area contributed by atoms with Crippen LogP contribution in [0.5, 0.6) is 5.75 Å². The van der Waals surface area contributed by atoms with Crippen LogP contribution in [-0.4, -0.2) is 17.1 Å². The second-order valence-electron chi connectivity index (χ2n) is 5.60. The van der Waals surface area contributed by atoms with Gasteiger partial charge in [0.2, 0.25) is 0 Å². The molecule has 2 N–H and O–H groups in total. The molecule has 2 aromatic carbocycles. The third kappa shape index (κ3) is 4.40. The summed E-state index contributed by atoms with van der Waals surface area (Å²) >= 11 is 6.06. The van der Waals surface area contributed by atoms with E-state index in [0.29, 0.717) is 46.0 Å². The molecular weight excluding hydrogens is 355 g/mol. The van der Waals surface area contributed by atoms with Gasteiger partial charge in [0.15, 0.2) is 0 Å². The number of ether oxygens (including phenoxy) is 1. The van der Waals surface area contributed by atoms with Gasteiger partial charge in [0.1, 0.15) is 29.0 Å². The van der Waals surface area contributed by atoms with Gasteiger partial charge in [-0.2, -0.15) is 0 Å². The summed E-state index contributed by atoms with van der Waals surface area (Å²) in [5.41, 5.74) is 1.26. The SMILES string of the molecule is COc1ccc(Cl)cc1Nc1cc(NCc2ccccc2F)nc(C)n1. The van der Waals surface area contributed by atoms with E-state index in [2.05, 4.69) is 20.6 Å². The molecule has 0 unspecified atom stereocenters. The first-order valence-electron chi connectivity index (χ1n) is 7.98. The predicted molar refractivity (Wildman–Crippen MR) is 102 cm³/mol. The molecule has 1 aromatic heterocycles. The molecule has 0 aliphatic heterocycles. The smallest absolute Gasteiger partial charge is 0.142 e. The Morgan fingerprint density at radius 2 is 1.85 bits per heavy atom. The van der Waals surface area contributed by atoms with Gasteiger partial charge >= 0.3 is 0 Å². The van der Waals surface area contributed by atoms with Gasteiger partial charge in [-0.25, -0.2) is 14.4 Å². The lowest BCUT2D eigenvalue weighted by molar-refractivity contribution is 0.417. The van der Waals surface area contributed by atoms with Gasteiger partial charge in [-0.3, -0.25) is 0 Å². The monoisotopic (exact) mass is 372 g/mol. The van der Waals surface area contributed by atoms with Crippen molar-refractivity contribution in [2.24, 2.45) is 0 Å². The van der Waals surface area contributed by atoms with E-state index in [1.807, 2.05) is 0 Å². The maximum Gasteiger partial charge on any atom is 0.142 e. The number of nitrogens with zero attached hydrogens (tertiary/aromatic N) is 2. The number of anilines is 3. The number of halogens is 2. The van der Waals surface area contributed by atoms with Crippen molar-refractivity contribution >= 4 is 28.9 Å². The molecule has 3 rings (SSSR count). The number of hydrogen-bond acceptors (Lipinski definition) is 5. The van der Waals surface area contributed by atoms with Crippen molar-refractivity contribution in [3.05, 3.63) is 70.8 Å². The van der Waals surface area contributed by atoms with E-state index >= 15 is 0 Å². The molecule has 0 fully saturated rings. The number of nitrogens with one attached hydrogen (secondary N) is 2. The largest absolute Gasteiger partial charge is 0.495 e. The molecule has 26 heavy (non-hydrogen) atoms. The van der Waals surface area contributed by atoms with Crippen molar-refractivity contribution in [3.63, 3.8) is 0 Å². The van der Waals surface area contributed by atoms with E-state index in [0.717, 1.165) is 0 Å². The standard InChI is InChI=1S/C19H18ClFN4O/c1-12-23-18(22-11-13-5-3-4-6-15(13)21)10-19(24-12)25-16-9-14(20)7-8-17(16)26-2/h3-10H,11H2,1-2H3,(H2,22,23,24,25). The van der Waals surface area contributed by atoms with Crippen LogP contribution < -0.4 is 15.4 Å². The topological polar surface area (TPSA) is 59.1 Å². The van der Waals surface area contributed by atoms with Gasteiger partial charge in [0, 0.05) is 23.2 Å². The summed E-state index contributed by atoms with van der Waals surface area (Å²) in [5.74, 6) is 2.13. The Morgan fingerprint density at radius 3 is 2.62 bits per heavy atom. The molecule has 3 aromatic rings. The zero-order valence-corrected chi connectivity index (χ0v) is 15.1. The Kier molecular flexibility index (Phi) is 5.53. The molecule has 0 amide bonds. The van der Waals surface area contributed by atoms with Crippen molar-refractivity contribution in [1.29, 1.82) is 0 Å². The fourth-order valence-electron chi connectivity index (χ4n) is 2.47. The number of methoxy groups -OCH3 is 1. The fourth-order valence-corrected chi connectivity index (χ4v) is 2.64. The minimum Gasteiger partial charge on any atom is -0.495 e. The normalized spacial score (nSPS) is 10.5. The molecule has 0 saturated carbocycles. The van der Waals surface area contributed by atoms with Crippen LogP contribution in [0.3, 0.4) is 0 Å². The molecule has 0 spiro atoms. The fraction of sp³-hybridized carbons (Fsp3) is 0.158. The molecule has 0 radical (unpaired) electrons. The molecule has 0 atom stereocenters. The number of aromatic nitrogens is 2. The van der Waals surface area contributed by atoms with Crippen LogP contribution in [0.1, 0.15) is 11.4 Å². The zero-order valence-electron chi connectivity index (χ0n) is 14.4. The van der Waals surface area contributed by atoms with Crippen LogP contribution in [-0.2, 0) is 6.54 Å². The minimum absolute atomic E-state index is 0.257. The van der Waals surface area contributed by atoms with Crippen LogP contribution in [0.2, 0.25) is 5.02 Å². The average molecular weight is 373 g/mol. The quantitative estimate of drug-likeness (QED) is 0.641. The summed E-state index contributed by atoms with van der Waals surface area (Å²) in [6.45, 7) is 2.11. The van der Waals surface area contributed by atoms with Gasteiger partial charge < -0.3 is 15.4 Å². The summed E-state index contributed by atoms with van der Waals surface area (Å²) in [6, 6.07) is 13.6. The Morgan fingerprint density at radius 1 is 1.08 bits per heavy atom. The van der Waals surface area contributed by atoms with E-state index in [9.17, 15) is 4.39 Å². The number of aryl methyl sites for hydroxylation is 1. The second-order valence-corrected chi connectivity index (χ2v) is 6.04. The molecule has 0 aliphatic rings. The molecule has 0 saturated heterocycles. The van der Waals surface area contributed by atoms with Gasteiger partial charge in [0.25, 0.3) is 0 Å². The first-order chi connectivity index (χ1) is 12.5. The number of benzene rings is 2. The van der Waals surface area contributed by atoms with Gasteiger partial charge in [-0.05, 0) is 31.2 Å². The molecule has 1 heterocycles. The molecule has 7 heteroatoms. The Balaban J connectivity index is 1.80. The predicted octanol–water partition coefficient (Wildman–Crippen LogP) is 4.94. The van der Waals surface area contributed by atoms with Crippen LogP contribution in [0.4, 0.5) is 21.7 Å². The highest BCUT2D eigenvalue weighted by Gasteiger charge is 2.08. The number of rotatable bonds is 6. The summed E-state index contributed by atoms with van der Waals surface area (Å²) in [7, 11) is 1.58. The van der Waals surface area contributed by atoms with Gasteiger partial charge in [0.05, 0.1) is 12.8 Å².